The monoisotopic (exact) mass is 224 g/mol. The molecule has 0 N–H and O–H groups in total. The number of alkyl halides is 1. The van der Waals surface area contributed by atoms with Gasteiger partial charge in [-0.1, -0.05) is 15.9 Å². The maximum atomic E-state index is 10.7. The fraction of sp³-hybridized carbons (Fsp3) is 0.833. The van der Waals surface area contributed by atoms with Gasteiger partial charge in [0.15, 0.2) is 0 Å². The predicted octanol–water partition coefficient (Wildman–Crippen LogP) is 0.297. The Labute approximate surface area is 72.9 Å². The Morgan fingerprint density at radius 1 is 1.64 bits per heavy atom. The Kier molecular flexibility index (Phi) is 3.82. The van der Waals surface area contributed by atoms with Crippen molar-refractivity contribution in [3.63, 3.8) is 0 Å². The van der Waals surface area contributed by atoms with E-state index in [9.17, 15) is 4.79 Å². The number of carbonyl (C=O) groups excluding carboxylic acids is 1. The molecule has 1 aliphatic rings. The van der Waals surface area contributed by atoms with Crippen molar-refractivity contribution in [2.45, 2.75) is 6.29 Å². The lowest BCUT2D eigenvalue weighted by atomic mass is 10.6. The second-order valence-corrected chi connectivity index (χ2v) is 2.56. The van der Waals surface area contributed by atoms with Crippen molar-refractivity contribution in [1.29, 1.82) is 0 Å². The minimum atomic E-state index is -0.520. The molecular formula is C6H9BrO4. The Hall–Kier alpha value is -0.130. The van der Waals surface area contributed by atoms with Crippen LogP contribution in [0.3, 0.4) is 0 Å². The molecule has 0 aromatic carbocycles. The summed E-state index contributed by atoms with van der Waals surface area (Å²) in [6, 6.07) is 0. The van der Waals surface area contributed by atoms with E-state index in [1.54, 1.807) is 0 Å². The molecule has 5 heteroatoms. The first-order valence-corrected chi connectivity index (χ1v) is 4.40. The Bertz CT molecular complexity index is 133. The molecule has 1 fully saturated rings. The number of halogens is 1. The zero-order chi connectivity index (χ0) is 8.10. The van der Waals surface area contributed by atoms with Gasteiger partial charge in [-0.3, -0.25) is 4.79 Å². The molecule has 1 unspecified atom stereocenters. The van der Waals surface area contributed by atoms with Gasteiger partial charge in [-0.25, -0.2) is 0 Å². The lowest BCUT2D eigenvalue weighted by Gasteiger charge is -2.22. The third-order valence-corrected chi connectivity index (χ3v) is 1.62. The van der Waals surface area contributed by atoms with Gasteiger partial charge < -0.3 is 14.2 Å². The van der Waals surface area contributed by atoms with E-state index in [0.29, 0.717) is 19.8 Å². The maximum absolute atomic E-state index is 10.7. The van der Waals surface area contributed by atoms with E-state index >= 15 is 0 Å². The van der Waals surface area contributed by atoms with Gasteiger partial charge >= 0.3 is 5.97 Å². The van der Waals surface area contributed by atoms with Gasteiger partial charge in [-0.2, -0.15) is 0 Å². The van der Waals surface area contributed by atoms with Crippen molar-refractivity contribution in [3.8, 4) is 0 Å². The van der Waals surface area contributed by atoms with Crippen molar-refractivity contribution in [1.82, 2.24) is 0 Å². The van der Waals surface area contributed by atoms with Crippen LogP contribution in [0.5, 0.6) is 0 Å². The molecule has 1 aliphatic heterocycles. The summed E-state index contributed by atoms with van der Waals surface area (Å²) in [5.74, 6) is -0.333. The van der Waals surface area contributed by atoms with E-state index in [1.165, 1.54) is 0 Å². The summed E-state index contributed by atoms with van der Waals surface area (Å²) >= 11 is 2.97. The van der Waals surface area contributed by atoms with Gasteiger partial charge in [0.1, 0.15) is 11.9 Å². The molecule has 0 bridgehead atoms. The van der Waals surface area contributed by atoms with Crippen LogP contribution in [0.25, 0.3) is 0 Å². The van der Waals surface area contributed by atoms with Crippen LogP contribution in [-0.4, -0.2) is 37.4 Å². The van der Waals surface area contributed by atoms with Crippen LogP contribution in [0.2, 0.25) is 0 Å². The molecule has 1 atom stereocenters. The van der Waals surface area contributed by atoms with Gasteiger partial charge in [-0.05, 0) is 0 Å². The maximum Gasteiger partial charge on any atom is 0.318 e. The molecule has 0 amide bonds. The van der Waals surface area contributed by atoms with Gasteiger partial charge in [0.05, 0.1) is 13.2 Å². The zero-order valence-electron chi connectivity index (χ0n) is 5.92. The Morgan fingerprint density at radius 2 is 2.45 bits per heavy atom. The summed E-state index contributed by atoms with van der Waals surface area (Å²) < 4.78 is 14.9. The zero-order valence-corrected chi connectivity index (χ0v) is 7.50. The smallest absolute Gasteiger partial charge is 0.318 e. The van der Waals surface area contributed by atoms with Gasteiger partial charge in [0.25, 0.3) is 0 Å². The minimum Gasteiger partial charge on any atom is -0.433 e. The fourth-order valence-electron chi connectivity index (χ4n) is 0.712. The lowest BCUT2D eigenvalue weighted by molar-refractivity contribution is -0.211. The fourth-order valence-corrected chi connectivity index (χ4v) is 0.844. The second-order valence-electron chi connectivity index (χ2n) is 2.00. The third-order valence-electron chi connectivity index (χ3n) is 1.16. The van der Waals surface area contributed by atoms with E-state index in [-0.39, 0.29) is 11.3 Å². The second kappa shape index (κ2) is 4.69. The molecule has 0 spiro atoms. The largest absolute Gasteiger partial charge is 0.433 e. The Balaban J connectivity index is 2.19. The van der Waals surface area contributed by atoms with E-state index in [0.717, 1.165) is 0 Å². The highest BCUT2D eigenvalue weighted by Crippen LogP contribution is 2.02. The number of rotatable bonds is 2. The highest BCUT2D eigenvalue weighted by molar-refractivity contribution is 9.09. The third kappa shape index (κ3) is 3.18. The first kappa shape index (κ1) is 8.96. The molecule has 0 radical (unpaired) electrons. The van der Waals surface area contributed by atoms with E-state index in [1.807, 2.05) is 0 Å². The van der Waals surface area contributed by atoms with Crippen LogP contribution in [0, 0.1) is 0 Å². The summed E-state index contributed by atoms with van der Waals surface area (Å²) in [5.41, 5.74) is 0. The molecule has 11 heavy (non-hydrogen) atoms. The molecule has 0 aliphatic carbocycles. The van der Waals surface area contributed by atoms with Gasteiger partial charge in [0, 0.05) is 0 Å². The van der Waals surface area contributed by atoms with Crippen LogP contribution in [-0.2, 0) is 19.0 Å². The Morgan fingerprint density at radius 3 is 3.00 bits per heavy atom. The van der Waals surface area contributed by atoms with Crippen molar-refractivity contribution in [2.75, 3.05) is 25.2 Å². The van der Waals surface area contributed by atoms with Crippen molar-refractivity contribution < 1.29 is 19.0 Å². The molecule has 0 aromatic rings. The number of hydrogen-bond acceptors (Lipinski definition) is 4. The molecule has 1 saturated heterocycles. The van der Waals surface area contributed by atoms with E-state index in [4.69, 9.17) is 14.2 Å². The molecule has 1 rings (SSSR count). The number of carbonyl (C=O) groups is 1. The molecule has 64 valence electrons. The lowest BCUT2D eigenvalue weighted by Crippen LogP contribution is -2.33. The quantitative estimate of drug-likeness (QED) is 0.500. The highest BCUT2D eigenvalue weighted by Gasteiger charge is 2.17. The minimum absolute atomic E-state index is 0.187. The molecule has 4 nitrogen and oxygen atoms in total. The summed E-state index contributed by atoms with van der Waals surface area (Å²) in [5, 5.41) is 0.187. The normalized spacial score (nSPS) is 24.6. The average molecular weight is 225 g/mol. The standard InChI is InChI=1S/C6H9BrO4/c7-3-5(8)11-6-4-9-1-2-10-6/h6H,1-4H2. The van der Waals surface area contributed by atoms with Crippen LogP contribution >= 0.6 is 15.9 Å². The summed E-state index contributed by atoms with van der Waals surface area (Å²) in [6.45, 7) is 1.39. The van der Waals surface area contributed by atoms with Crippen LogP contribution in [0.1, 0.15) is 0 Å². The molecule has 0 saturated carbocycles. The number of hydrogen-bond donors (Lipinski definition) is 0. The number of esters is 1. The first-order valence-electron chi connectivity index (χ1n) is 3.27. The SMILES string of the molecule is O=C(CBr)OC1COCCO1. The summed E-state index contributed by atoms with van der Waals surface area (Å²) in [6.07, 6.45) is -0.520. The van der Waals surface area contributed by atoms with Crippen LogP contribution in [0.15, 0.2) is 0 Å². The topological polar surface area (TPSA) is 44.8 Å². The van der Waals surface area contributed by atoms with Crippen molar-refractivity contribution in [2.24, 2.45) is 0 Å². The van der Waals surface area contributed by atoms with Crippen molar-refractivity contribution >= 4 is 21.9 Å². The van der Waals surface area contributed by atoms with Gasteiger partial charge in [-0.15, -0.1) is 0 Å². The first-order chi connectivity index (χ1) is 5.33. The van der Waals surface area contributed by atoms with E-state index in [2.05, 4.69) is 15.9 Å². The molecular weight excluding hydrogens is 216 g/mol. The van der Waals surface area contributed by atoms with Crippen molar-refractivity contribution in [3.05, 3.63) is 0 Å². The van der Waals surface area contributed by atoms with Crippen LogP contribution in [0.4, 0.5) is 0 Å². The van der Waals surface area contributed by atoms with E-state index < -0.39 is 6.29 Å². The molecule has 0 aromatic heterocycles. The highest BCUT2D eigenvalue weighted by atomic mass is 79.9. The molecule has 1 heterocycles. The summed E-state index contributed by atoms with van der Waals surface area (Å²) in [4.78, 5) is 10.7. The number of ether oxygens (including phenoxy) is 3. The summed E-state index contributed by atoms with van der Waals surface area (Å²) in [7, 11) is 0. The predicted molar refractivity (Wildman–Crippen MR) is 40.4 cm³/mol. The van der Waals surface area contributed by atoms with Crippen LogP contribution < -0.4 is 0 Å². The van der Waals surface area contributed by atoms with Gasteiger partial charge in [0.2, 0.25) is 6.29 Å². The average Bonchev–Trinajstić information content (AvgIpc) is 2.06.